The molecule has 1 aromatic heterocycles. The summed E-state index contributed by atoms with van der Waals surface area (Å²) >= 11 is 0. The van der Waals surface area contributed by atoms with Gasteiger partial charge in [0.25, 0.3) is 0 Å². The molecule has 0 fully saturated rings. The first-order chi connectivity index (χ1) is 11.5. The van der Waals surface area contributed by atoms with Crippen LogP contribution in [0.1, 0.15) is 0 Å². The molecule has 8 heteroatoms. The van der Waals surface area contributed by atoms with Crippen molar-refractivity contribution in [1.29, 1.82) is 0 Å². The Morgan fingerprint density at radius 3 is 2.58 bits per heavy atom. The Bertz CT molecular complexity index is 917. The van der Waals surface area contributed by atoms with Crippen LogP contribution in [-0.2, 0) is 0 Å². The Morgan fingerprint density at radius 2 is 1.88 bits per heavy atom. The van der Waals surface area contributed by atoms with Gasteiger partial charge >= 0.3 is 0 Å². The first-order valence-corrected chi connectivity index (χ1v) is 7.07. The van der Waals surface area contributed by atoms with E-state index in [-0.39, 0.29) is 17.1 Å². The molecule has 124 valence electrons. The number of nitrogens with one attached hydrogen (secondary N) is 2. The number of ether oxygens (including phenoxy) is 1. The number of fused-ring (bicyclic) bond motifs is 1. The minimum atomic E-state index is -0.742. The molecule has 0 aliphatic heterocycles. The lowest BCUT2D eigenvalue weighted by Gasteiger charge is -2.14. The van der Waals surface area contributed by atoms with Crippen molar-refractivity contribution in [3.63, 3.8) is 0 Å². The zero-order valence-electron chi connectivity index (χ0n) is 13.0. The first-order valence-electron chi connectivity index (χ1n) is 7.07. The fraction of sp³-hybridized carbons (Fsp3) is 0.125. The summed E-state index contributed by atoms with van der Waals surface area (Å²) in [7, 11) is 3.01. The number of hydrogen-bond donors (Lipinski definition) is 3. The summed E-state index contributed by atoms with van der Waals surface area (Å²) in [5.41, 5.74) is 7.40. The van der Waals surface area contributed by atoms with Crippen LogP contribution < -0.4 is 21.1 Å². The molecule has 0 aliphatic carbocycles. The van der Waals surface area contributed by atoms with E-state index in [1.54, 1.807) is 19.2 Å². The zero-order valence-corrected chi connectivity index (χ0v) is 13.0. The van der Waals surface area contributed by atoms with E-state index in [4.69, 9.17) is 10.5 Å². The van der Waals surface area contributed by atoms with E-state index in [1.165, 1.54) is 19.4 Å². The monoisotopic (exact) mass is 331 g/mol. The summed E-state index contributed by atoms with van der Waals surface area (Å²) < 4.78 is 33.4. The third kappa shape index (κ3) is 2.62. The first kappa shape index (κ1) is 15.7. The second-order valence-corrected chi connectivity index (χ2v) is 4.97. The van der Waals surface area contributed by atoms with Gasteiger partial charge in [-0.3, -0.25) is 0 Å². The highest BCUT2D eigenvalue weighted by Crippen LogP contribution is 2.33. The summed E-state index contributed by atoms with van der Waals surface area (Å²) in [6.07, 6.45) is 1.46. The minimum absolute atomic E-state index is 0.166. The van der Waals surface area contributed by atoms with Crippen molar-refractivity contribution in [1.82, 2.24) is 9.97 Å². The molecule has 0 saturated heterocycles. The maximum Gasteiger partial charge on any atom is 0.232 e. The van der Waals surface area contributed by atoms with Crippen LogP contribution in [-0.4, -0.2) is 24.1 Å². The summed E-state index contributed by atoms with van der Waals surface area (Å²) in [6, 6.07) is 5.72. The minimum Gasteiger partial charge on any atom is -0.480 e. The Morgan fingerprint density at radius 1 is 1.12 bits per heavy atom. The van der Waals surface area contributed by atoms with E-state index in [9.17, 15) is 8.78 Å². The SMILES string of the molecule is CNc1ccc(F)c(Nc2ccc3ncc(OC)nc3c2N)c1F. The van der Waals surface area contributed by atoms with Gasteiger partial charge in [0, 0.05) is 7.05 Å². The normalized spacial score (nSPS) is 10.7. The van der Waals surface area contributed by atoms with E-state index >= 15 is 0 Å². The molecule has 24 heavy (non-hydrogen) atoms. The van der Waals surface area contributed by atoms with Gasteiger partial charge in [-0.25, -0.2) is 18.7 Å². The van der Waals surface area contributed by atoms with Crippen LogP contribution >= 0.6 is 0 Å². The van der Waals surface area contributed by atoms with Gasteiger partial charge in [0.05, 0.1) is 35.9 Å². The van der Waals surface area contributed by atoms with Crippen molar-refractivity contribution in [3.8, 4) is 5.88 Å². The van der Waals surface area contributed by atoms with Crippen LogP contribution in [0.5, 0.6) is 5.88 Å². The van der Waals surface area contributed by atoms with Gasteiger partial charge in [-0.05, 0) is 24.3 Å². The third-order valence-electron chi connectivity index (χ3n) is 3.56. The summed E-state index contributed by atoms with van der Waals surface area (Å²) in [5, 5.41) is 5.35. The van der Waals surface area contributed by atoms with Crippen LogP contribution in [0.25, 0.3) is 11.0 Å². The quantitative estimate of drug-likeness (QED) is 0.636. The fourth-order valence-corrected chi connectivity index (χ4v) is 2.28. The molecule has 6 nitrogen and oxygen atoms in total. The lowest BCUT2D eigenvalue weighted by Crippen LogP contribution is -2.04. The smallest absolute Gasteiger partial charge is 0.232 e. The van der Waals surface area contributed by atoms with Crippen LogP contribution in [0.4, 0.5) is 31.5 Å². The van der Waals surface area contributed by atoms with E-state index in [0.717, 1.165) is 6.07 Å². The Balaban J connectivity index is 2.09. The number of anilines is 4. The number of methoxy groups -OCH3 is 1. The van der Waals surface area contributed by atoms with Crippen molar-refractivity contribution in [2.24, 2.45) is 0 Å². The molecule has 0 saturated carbocycles. The standard InChI is InChI=1S/C16H15F2N5O/c1-20-9-4-3-8(17)15(13(9)18)22-10-5-6-11-16(14(10)19)23-12(24-2)7-21-11/h3-7,20,22H,19H2,1-2H3. The number of benzene rings is 2. The van der Waals surface area contributed by atoms with Crippen molar-refractivity contribution >= 4 is 33.8 Å². The molecule has 0 bridgehead atoms. The molecule has 0 unspecified atom stereocenters. The maximum atomic E-state index is 14.3. The number of hydrogen-bond acceptors (Lipinski definition) is 6. The van der Waals surface area contributed by atoms with Gasteiger partial charge < -0.3 is 21.1 Å². The van der Waals surface area contributed by atoms with Gasteiger partial charge in [0.15, 0.2) is 5.82 Å². The van der Waals surface area contributed by atoms with Gasteiger partial charge in [-0.1, -0.05) is 0 Å². The molecule has 4 N–H and O–H groups in total. The Hall–Kier alpha value is -3.16. The van der Waals surface area contributed by atoms with Gasteiger partial charge in [-0.2, -0.15) is 0 Å². The van der Waals surface area contributed by atoms with Crippen LogP contribution in [0.3, 0.4) is 0 Å². The predicted molar refractivity (Wildman–Crippen MR) is 89.7 cm³/mol. The highest BCUT2D eigenvalue weighted by molar-refractivity contribution is 5.95. The molecular formula is C16H15F2N5O. The number of nitrogen functional groups attached to an aromatic ring is 1. The molecule has 3 aromatic rings. The predicted octanol–water partition coefficient (Wildman–Crippen LogP) is 3.28. The van der Waals surface area contributed by atoms with Gasteiger partial charge in [-0.15, -0.1) is 0 Å². The van der Waals surface area contributed by atoms with E-state index in [1.807, 2.05) is 0 Å². The molecule has 2 aromatic carbocycles. The lowest BCUT2D eigenvalue weighted by atomic mass is 10.2. The van der Waals surface area contributed by atoms with E-state index in [0.29, 0.717) is 22.6 Å². The Labute approximate surface area is 136 Å². The van der Waals surface area contributed by atoms with Crippen molar-refractivity contribution in [2.45, 2.75) is 0 Å². The van der Waals surface area contributed by atoms with E-state index < -0.39 is 11.6 Å². The average Bonchev–Trinajstić information content (AvgIpc) is 2.60. The fourth-order valence-electron chi connectivity index (χ4n) is 2.28. The van der Waals surface area contributed by atoms with Crippen molar-refractivity contribution in [2.75, 3.05) is 30.5 Å². The van der Waals surface area contributed by atoms with Crippen LogP contribution in [0.2, 0.25) is 0 Å². The molecule has 3 rings (SSSR count). The zero-order chi connectivity index (χ0) is 17.3. The molecule has 0 spiro atoms. The third-order valence-corrected chi connectivity index (χ3v) is 3.56. The average molecular weight is 331 g/mol. The number of aromatic nitrogens is 2. The highest BCUT2D eigenvalue weighted by atomic mass is 19.1. The number of nitrogens with zero attached hydrogens (tertiary/aromatic N) is 2. The van der Waals surface area contributed by atoms with Gasteiger partial charge in [0.1, 0.15) is 17.0 Å². The molecule has 0 amide bonds. The van der Waals surface area contributed by atoms with E-state index in [2.05, 4.69) is 20.6 Å². The molecule has 1 heterocycles. The van der Waals surface area contributed by atoms with Gasteiger partial charge in [0.2, 0.25) is 5.88 Å². The number of halogens is 2. The topological polar surface area (TPSA) is 85.1 Å². The molecule has 0 atom stereocenters. The lowest BCUT2D eigenvalue weighted by molar-refractivity contribution is 0.398. The summed E-state index contributed by atoms with van der Waals surface area (Å²) in [5.74, 6) is -1.18. The maximum absolute atomic E-state index is 14.3. The highest BCUT2D eigenvalue weighted by Gasteiger charge is 2.16. The largest absolute Gasteiger partial charge is 0.480 e. The molecular weight excluding hydrogens is 316 g/mol. The number of rotatable bonds is 4. The van der Waals surface area contributed by atoms with Crippen LogP contribution in [0.15, 0.2) is 30.5 Å². The Kier molecular flexibility index (Phi) is 4.03. The van der Waals surface area contributed by atoms with Crippen LogP contribution in [0, 0.1) is 11.6 Å². The molecule has 0 radical (unpaired) electrons. The summed E-state index contributed by atoms with van der Waals surface area (Å²) in [6.45, 7) is 0. The molecule has 0 aliphatic rings. The summed E-state index contributed by atoms with van der Waals surface area (Å²) in [4.78, 5) is 8.39. The second-order valence-electron chi connectivity index (χ2n) is 4.97. The number of nitrogens with two attached hydrogens (primary N) is 1. The van der Waals surface area contributed by atoms with Crippen molar-refractivity contribution in [3.05, 3.63) is 42.1 Å². The van der Waals surface area contributed by atoms with Crippen molar-refractivity contribution < 1.29 is 13.5 Å². The second kappa shape index (κ2) is 6.15.